The van der Waals surface area contributed by atoms with E-state index >= 15 is 0 Å². The monoisotopic (exact) mass is 164 g/mol. The van der Waals surface area contributed by atoms with Gasteiger partial charge in [0.05, 0.1) is 5.56 Å². The van der Waals surface area contributed by atoms with E-state index in [1.165, 1.54) is 12.1 Å². The third-order valence-corrected chi connectivity index (χ3v) is 1.52. The minimum Gasteiger partial charge on any atom is -0.507 e. The molecule has 3 heteroatoms. The predicted molar refractivity (Wildman–Crippen MR) is 45.3 cm³/mol. The molecule has 0 fully saturated rings. The van der Waals surface area contributed by atoms with Gasteiger partial charge >= 0.3 is 0 Å². The molecule has 0 aliphatic heterocycles. The zero-order valence-electron chi connectivity index (χ0n) is 6.32. The molecule has 62 valence electrons. The number of carbonyl (C=O) groups excluding carboxylic acids is 1. The van der Waals surface area contributed by atoms with Crippen LogP contribution in [0.2, 0.25) is 0 Å². The molecule has 0 aliphatic carbocycles. The summed E-state index contributed by atoms with van der Waals surface area (Å²) in [6.07, 6.45) is 1.92. The number of aldehydes is 1. The Morgan fingerprint density at radius 3 is 2.25 bits per heavy atom. The van der Waals surface area contributed by atoms with Gasteiger partial charge in [-0.05, 0) is 6.07 Å². The van der Waals surface area contributed by atoms with Crippen LogP contribution in [-0.2, 0) is 0 Å². The molecule has 0 atom stereocenters. The molecule has 0 radical (unpaired) electrons. The number of aromatic hydroxyl groups is 2. The lowest BCUT2D eigenvalue weighted by Gasteiger charge is -2.01. The number of hydrogen-bond acceptors (Lipinski definition) is 3. The Balaban J connectivity index is 3.36. The zero-order valence-corrected chi connectivity index (χ0v) is 6.32. The molecule has 1 aromatic carbocycles. The van der Waals surface area contributed by atoms with Gasteiger partial charge in [-0.3, -0.25) is 4.79 Å². The Bertz CT molecular complexity index is 300. The summed E-state index contributed by atoms with van der Waals surface area (Å²) in [6.45, 7) is 3.44. The van der Waals surface area contributed by atoms with E-state index in [-0.39, 0.29) is 17.1 Å². The van der Waals surface area contributed by atoms with Crippen molar-refractivity contribution in [1.29, 1.82) is 0 Å². The largest absolute Gasteiger partial charge is 0.507 e. The maximum atomic E-state index is 10.3. The Morgan fingerprint density at radius 1 is 1.17 bits per heavy atom. The molecule has 12 heavy (non-hydrogen) atoms. The van der Waals surface area contributed by atoms with E-state index in [1.807, 2.05) is 0 Å². The van der Waals surface area contributed by atoms with Crippen molar-refractivity contribution in [2.24, 2.45) is 0 Å². The van der Waals surface area contributed by atoms with Crippen molar-refractivity contribution >= 4 is 12.4 Å². The molecule has 0 aromatic heterocycles. The molecule has 3 nitrogen and oxygen atoms in total. The summed E-state index contributed by atoms with van der Waals surface area (Å²) >= 11 is 0. The molecule has 0 amide bonds. The van der Waals surface area contributed by atoms with Gasteiger partial charge in [-0.2, -0.15) is 0 Å². The third kappa shape index (κ3) is 1.29. The van der Waals surface area contributed by atoms with Crippen LogP contribution in [0, 0.1) is 0 Å². The van der Waals surface area contributed by atoms with Crippen molar-refractivity contribution < 1.29 is 15.0 Å². The molecule has 0 saturated heterocycles. The van der Waals surface area contributed by atoms with Crippen LogP contribution in [0.4, 0.5) is 0 Å². The molecule has 0 saturated carbocycles. The van der Waals surface area contributed by atoms with Crippen molar-refractivity contribution in [3.05, 3.63) is 29.8 Å². The summed E-state index contributed by atoms with van der Waals surface area (Å²) in [7, 11) is 0. The van der Waals surface area contributed by atoms with Crippen LogP contribution >= 0.6 is 0 Å². The summed E-state index contributed by atoms with van der Waals surface area (Å²) in [5, 5.41) is 18.2. The van der Waals surface area contributed by atoms with Gasteiger partial charge in [0.15, 0.2) is 6.29 Å². The van der Waals surface area contributed by atoms with Gasteiger partial charge in [0, 0.05) is 11.6 Å². The first kappa shape index (κ1) is 8.33. The highest BCUT2D eigenvalue weighted by Crippen LogP contribution is 2.26. The average molecular weight is 164 g/mol. The lowest BCUT2D eigenvalue weighted by Crippen LogP contribution is -1.83. The fourth-order valence-electron chi connectivity index (χ4n) is 0.869. The molecule has 1 rings (SSSR count). The number of phenols is 2. The Morgan fingerprint density at radius 2 is 1.75 bits per heavy atom. The summed E-state index contributed by atoms with van der Waals surface area (Å²) < 4.78 is 0. The number of phenolic OH excluding ortho intramolecular Hbond substituents is 2. The Hall–Kier alpha value is -1.77. The van der Waals surface area contributed by atoms with Gasteiger partial charge in [-0.1, -0.05) is 12.7 Å². The van der Waals surface area contributed by atoms with Crippen LogP contribution in [0.1, 0.15) is 15.9 Å². The smallest absolute Gasteiger partial charge is 0.153 e. The van der Waals surface area contributed by atoms with Gasteiger partial charge in [-0.15, -0.1) is 0 Å². The van der Waals surface area contributed by atoms with Crippen molar-refractivity contribution in [2.75, 3.05) is 0 Å². The predicted octanol–water partition coefficient (Wildman–Crippen LogP) is 1.55. The van der Waals surface area contributed by atoms with Crippen molar-refractivity contribution in [1.82, 2.24) is 0 Å². The average Bonchev–Trinajstić information content (AvgIpc) is 2.05. The topological polar surface area (TPSA) is 57.5 Å². The maximum absolute atomic E-state index is 10.3. The van der Waals surface area contributed by atoms with Crippen molar-refractivity contribution in [3.8, 4) is 11.5 Å². The number of benzene rings is 1. The molecule has 1 aromatic rings. The normalized spacial score (nSPS) is 9.33. The highest BCUT2D eigenvalue weighted by Gasteiger charge is 2.04. The quantitative estimate of drug-likeness (QED) is 0.652. The first-order chi connectivity index (χ1) is 5.69. The first-order valence-corrected chi connectivity index (χ1v) is 3.32. The molecule has 0 heterocycles. The highest BCUT2D eigenvalue weighted by atomic mass is 16.3. The molecule has 2 N–H and O–H groups in total. The molecular weight excluding hydrogens is 156 g/mol. The fourth-order valence-corrected chi connectivity index (χ4v) is 0.869. The van der Waals surface area contributed by atoms with E-state index < -0.39 is 0 Å². The number of hydrogen-bond donors (Lipinski definition) is 2. The number of carbonyl (C=O) groups is 1. The van der Waals surface area contributed by atoms with Crippen LogP contribution in [0.3, 0.4) is 0 Å². The van der Waals surface area contributed by atoms with Gasteiger partial charge in [0.25, 0.3) is 0 Å². The SMILES string of the molecule is C=Cc1cc(C=O)c(O)cc1O. The van der Waals surface area contributed by atoms with Crippen molar-refractivity contribution in [2.45, 2.75) is 0 Å². The molecular formula is C9H8O3. The minimum absolute atomic E-state index is 0.0897. The molecule has 0 spiro atoms. The van der Waals surface area contributed by atoms with Crippen LogP contribution in [0.25, 0.3) is 6.08 Å². The van der Waals surface area contributed by atoms with E-state index in [0.29, 0.717) is 11.8 Å². The molecule has 0 unspecified atom stereocenters. The van der Waals surface area contributed by atoms with E-state index in [2.05, 4.69) is 6.58 Å². The summed E-state index contributed by atoms with van der Waals surface area (Å²) in [6, 6.07) is 2.48. The van der Waals surface area contributed by atoms with Gasteiger partial charge < -0.3 is 10.2 Å². The summed E-state index contributed by atoms with van der Waals surface area (Å²) in [5.74, 6) is -0.318. The lowest BCUT2D eigenvalue weighted by atomic mass is 10.1. The summed E-state index contributed by atoms with van der Waals surface area (Å²) in [4.78, 5) is 10.3. The fraction of sp³-hybridized carbons (Fsp3) is 0. The number of rotatable bonds is 2. The molecule has 0 aliphatic rings. The van der Waals surface area contributed by atoms with Gasteiger partial charge in [0.1, 0.15) is 11.5 Å². The minimum atomic E-state index is -0.229. The van der Waals surface area contributed by atoms with Gasteiger partial charge in [-0.25, -0.2) is 0 Å². The molecule has 0 bridgehead atoms. The first-order valence-electron chi connectivity index (χ1n) is 3.32. The Labute approximate surface area is 69.6 Å². The highest BCUT2D eigenvalue weighted by molar-refractivity contribution is 5.81. The second kappa shape index (κ2) is 3.09. The zero-order chi connectivity index (χ0) is 9.14. The van der Waals surface area contributed by atoms with Crippen LogP contribution in [-0.4, -0.2) is 16.5 Å². The Kier molecular flexibility index (Phi) is 2.14. The maximum Gasteiger partial charge on any atom is 0.153 e. The van der Waals surface area contributed by atoms with Crippen LogP contribution in [0.5, 0.6) is 11.5 Å². The standard InChI is InChI=1S/C9H8O3/c1-2-6-3-7(5-10)9(12)4-8(6)11/h2-5,11-12H,1H2. The summed E-state index contributed by atoms with van der Waals surface area (Å²) in [5.41, 5.74) is 0.567. The van der Waals surface area contributed by atoms with E-state index in [4.69, 9.17) is 10.2 Å². The third-order valence-electron chi connectivity index (χ3n) is 1.52. The van der Waals surface area contributed by atoms with Crippen LogP contribution in [0.15, 0.2) is 18.7 Å². The lowest BCUT2D eigenvalue weighted by molar-refractivity contribution is 0.112. The van der Waals surface area contributed by atoms with Crippen LogP contribution < -0.4 is 0 Å². The second-order valence-corrected chi connectivity index (χ2v) is 2.29. The van der Waals surface area contributed by atoms with E-state index in [1.54, 1.807) is 0 Å². The van der Waals surface area contributed by atoms with Gasteiger partial charge in [0.2, 0.25) is 0 Å². The van der Waals surface area contributed by atoms with E-state index in [9.17, 15) is 4.79 Å². The van der Waals surface area contributed by atoms with Crippen molar-refractivity contribution in [3.63, 3.8) is 0 Å². The second-order valence-electron chi connectivity index (χ2n) is 2.29. The van der Waals surface area contributed by atoms with E-state index in [0.717, 1.165) is 6.07 Å².